The molecular formula is C13H22N4. The van der Waals surface area contributed by atoms with Crippen LogP contribution in [0, 0.1) is 12.8 Å². The van der Waals surface area contributed by atoms with E-state index in [4.69, 9.17) is 0 Å². The standard InChI is InChI=1S/C13H22N4/c1-4-14-13-16-10(3)8-12(17-13)15-9(2)7-11-5-6-11/h8-9,11H,4-7H2,1-3H3,(H2,14,15,16,17). The molecule has 94 valence electrons. The van der Waals surface area contributed by atoms with Gasteiger partial charge in [-0.05, 0) is 33.1 Å². The van der Waals surface area contributed by atoms with Crippen molar-refractivity contribution >= 4 is 11.8 Å². The van der Waals surface area contributed by atoms with Gasteiger partial charge in [0.15, 0.2) is 0 Å². The van der Waals surface area contributed by atoms with Crippen LogP contribution in [0.2, 0.25) is 0 Å². The van der Waals surface area contributed by atoms with Gasteiger partial charge in [0.05, 0.1) is 0 Å². The summed E-state index contributed by atoms with van der Waals surface area (Å²) in [4.78, 5) is 8.80. The van der Waals surface area contributed by atoms with E-state index in [-0.39, 0.29) is 0 Å². The van der Waals surface area contributed by atoms with Crippen molar-refractivity contribution in [2.45, 2.75) is 46.1 Å². The van der Waals surface area contributed by atoms with Gasteiger partial charge < -0.3 is 10.6 Å². The van der Waals surface area contributed by atoms with Crippen molar-refractivity contribution in [3.05, 3.63) is 11.8 Å². The van der Waals surface area contributed by atoms with Crippen LogP contribution in [0.15, 0.2) is 6.07 Å². The number of hydrogen-bond acceptors (Lipinski definition) is 4. The molecule has 0 radical (unpaired) electrons. The summed E-state index contributed by atoms with van der Waals surface area (Å²) in [6.45, 7) is 7.12. The third kappa shape index (κ3) is 3.88. The first-order valence-electron chi connectivity index (χ1n) is 6.53. The van der Waals surface area contributed by atoms with Crippen LogP contribution in [-0.4, -0.2) is 22.6 Å². The molecule has 1 atom stereocenters. The van der Waals surface area contributed by atoms with E-state index in [2.05, 4.69) is 34.4 Å². The average molecular weight is 234 g/mol. The summed E-state index contributed by atoms with van der Waals surface area (Å²) >= 11 is 0. The average Bonchev–Trinajstić information content (AvgIpc) is 3.00. The van der Waals surface area contributed by atoms with E-state index in [1.54, 1.807) is 0 Å². The van der Waals surface area contributed by atoms with E-state index in [9.17, 15) is 0 Å². The lowest BCUT2D eigenvalue weighted by molar-refractivity contribution is 0.640. The van der Waals surface area contributed by atoms with Crippen molar-refractivity contribution in [3.63, 3.8) is 0 Å². The second kappa shape index (κ2) is 5.34. The van der Waals surface area contributed by atoms with Crippen molar-refractivity contribution in [2.24, 2.45) is 5.92 Å². The summed E-state index contributed by atoms with van der Waals surface area (Å²) in [5.41, 5.74) is 0.997. The minimum absolute atomic E-state index is 0.492. The molecular weight excluding hydrogens is 212 g/mol. The predicted molar refractivity (Wildman–Crippen MR) is 71.4 cm³/mol. The molecule has 1 aromatic heterocycles. The lowest BCUT2D eigenvalue weighted by atomic mass is 10.1. The Bertz CT molecular complexity index is 374. The molecule has 17 heavy (non-hydrogen) atoms. The van der Waals surface area contributed by atoms with Gasteiger partial charge >= 0.3 is 0 Å². The molecule has 2 N–H and O–H groups in total. The van der Waals surface area contributed by atoms with Gasteiger partial charge in [-0.15, -0.1) is 0 Å². The summed E-state index contributed by atoms with van der Waals surface area (Å²) < 4.78 is 0. The Morgan fingerprint density at radius 1 is 1.41 bits per heavy atom. The quantitative estimate of drug-likeness (QED) is 0.794. The Kier molecular flexibility index (Phi) is 3.82. The highest BCUT2D eigenvalue weighted by molar-refractivity contribution is 5.42. The fourth-order valence-corrected chi connectivity index (χ4v) is 2.04. The maximum Gasteiger partial charge on any atom is 0.224 e. The first-order chi connectivity index (χ1) is 8.17. The van der Waals surface area contributed by atoms with Crippen LogP contribution in [-0.2, 0) is 0 Å². The maximum absolute atomic E-state index is 4.46. The zero-order valence-electron chi connectivity index (χ0n) is 11.0. The van der Waals surface area contributed by atoms with Gasteiger partial charge in [-0.25, -0.2) is 4.98 Å². The SMILES string of the molecule is CCNc1nc(C)cc(NC(C)CC2CC2)n1. The van der Waals surface area contributed by atoms with Gasteiger partial charge in [0.25, 0.3) is 0 Å². The molecule has 0 saturated heterocycles. The molecule has 0 bridgehead atoms. The van der Waals surface area contributed by atoms with Crippen LogP contribution in [0.25, 0.3) is 0 Å². The van der Waals surface area contributed by atoms with Crippen LogP contribution >= 0.6 is 0 Å². The van der Waals surface area contributed by atoms with Crippen LogP contribution in [0.1, 0.15) is 38.8 Å². The molecule has 1 aromatic rings. The number of aromatic nitrogens is 2. The van der Waals surface area contributed by atoms with Gasteiger partial charge in [-0.2, -0.15) is 4.98 Å². The molecule has 0 aliphatic heterocycles. The zero-order valence-corrected chi connectivity index (χ0v) is 11.0. The molecule has 1 heterocycles. The summed E-state index contributed by atoms with van der Waals surface area (Å²) in [6, 6.07) is 2.50. The molecule has 1 unspecified atom stereocenters. The maximum atomic E-state index is 4.46. The summed E-state index contributed by atoms with van der Waals surface area (Å²) in [6.07, 6.45) is 4.05. The Morgan fingerprint density at radius 3 is 2.82 bits per heavy atom. The van der Waals surface area contributed by atoms with Crippen molar-refractivity contribution < 1.29 is 0 Å². The highest BCUT2D eigenvalue weighted by Crippen LogP contribution is 2.33. The molecule has 4 heteroatoms. The fraction of sp³-hybridized carbons (Fsp3) is 0.692. The van der Waals surface area contributed by atoms with Gasteiger partial charge in [0, 0.05) is 24.3 Å². The number of hydrogen-bond donors (Lipinski definition) is 2. The Balaban J connectivity index is 1.97. The molecule has 1 aliphatic rings. The van der Waals surface area contributed by atoms with Crippen LogP contribution in [0.4, 0.5) is 11.8 Å². The minimum atomic E-state index is 0.492. The van der Waals surface area contributed by atoms with E-state index < -0.39 is 0 Å². The summed E-state index contributed by atoms with van der Waals surface area (Å²) in [5, 5.41) is 6.61. The number of anilines is 2. The minimum Gasteiger partial charge on any atom is -0.367 e. The first kappa shape index (κ1) is 12.1. The van der Waals surface area contributed by atoms with Crippen LogP contribution < -0.4 is 10.6 Å². The van der Waals surface area contributed by atoms with E-state index in [0.717, 1.165) is 24.0 Å². The molecule has 0 aromatic carbocycles. The molecule has 1 saturated carbocycles. The Labute approximate surface area is 103 Å². The number of rotatable bonds is 6. The monoisotopic (exact) mass is 234 g/mol. The highest BCUT2D eigenvalue weighted by atomic mass is 15.1. The van der Waals surface area contributed by atoms with E-state index in [1.807, 2.05) is 13.0 Å². The van der Waals surface area contributed by atoms with Crippen LogP contribution in [0.3, 0.4) is 0 Å². The first-order valence-corrected chi connectivity index (χ1v) is 6.53. The molecule has 2 rings (SSSR count). The largest absolute Gasteiger partial charge is 0.367 e. The molecule has 1 fully saturated rings. The summed E-state index contributed by atoms with van der Waals surface area (Å²) in [5.74, 6) is 2.59. The van der Waals surface area contributed by atoms with Gasteiger partial charge in [-0.1, -0.05) is 12.8 Å². The third-order valence-electron chi connectivity index (χ3n) is 2.97. The van der Waals surface area contributed by atoms with Crippen molar-refractivity contribution in [3.8, 4) is 0 Å². The normalized spacial score (nSPS) is 16.6. The molecule has 4 nitrogen and oxygen atoms in total. The topological polar surface area (TPSA) is 49.8 Å². The number of nitrogens with zero attached hydrogens (tertiary/aromatic N) is 2. The highest BCUT2D eigenvalue weighted by Gasteiger charge is 2.23. The number of aryl methyl sites for hydroxylation is 1. The number of nitrogens with one attached hydrogen (secondary N) is 2. The Hall–Kier alpha value is -1.32. The van der Waals surface area contributed by atoms with Gasteiger partial charge in [0.1, 0.15) is 5.82 Å². The fourth-order valence-electron chi connectivity index (χ4n) is 2.04. The van der Waals surface area contributed by atoms with Crippen molar-refractivity contribution in [1.29, 1.82) is 0 Å². The second-order valence-electron chi connectivity index (χ2n) is 4.97. The molecule has 0 amide bonds. The zero-order chi connectivity index (χ0) is 12.3. The lowest BCUT2D eigenvalue weighted by Crippen LogP contribution is -2.17. The Morgan fingerprint density at radius 2 is 2.18 bits per heavy atom. The predicted octanol–water partition coefficient (Wildman–Crippen LogP) is 2.82. The molecule has 0 spiro atoms. The van der Waals surface area contributed by atoms with Crippen LogP contribution in [0.5, 0.6) is 0 Å². The summed E-state index contributed by atoms with van der Waals surface area (Å²) in [7, 11) is 0. The second-order valence-corrected chi connectivity index (χ2v) is 4.97. The third-order valence-corrected chi connectivity index (χ3v) is 2.97. The van der Waals surface area contributed by atoms with Crippen molar-refractivity contribution in [2.75, 3.05) is 17.2 Å². The lowest BCUT2D eigenvalue weighted by Gasteiger charge is -2.15. The van der Waals surface area contributed by atoms with Crippen molar-refractivity contribution in [1.82, 2.24) is 9.97 Å². The van der Waals surface area contributed by atoms with E-state index in [0.29, 0.717) is 12.0 Å². The van der Waals surface area contributed by atoms with Gasteiger partial charge in [-0.3, -0.25) is 0 Å². The van der Waals surface area contributed by atoms with E-state index in [1.165, 1.54) is 19.3 Å². The smallest absolute Gasteiger partial charge is 0.224 e. The van der Waals surface area contributed by atoms with E-state index >= 15 is 0 Å². The molecule has 1 aliphatic carbocycles. The van der Waals surface area contributed by atoms with Gasteiger partial charge in [0.2, 0.25) is 5.95 Å².